The van der Waals surface area contributed by atoms with Gasteiger partial charge in [0.1, 0.15) is 0 Å². The third-order valence-electron chi connectivity index (χ3n) is 3.33. The molecule has 0 saturated heterocycles. The van der Waals surface area contributed by atoms with Crippen LogP contribution in [0.3, 0.4) is 0 Å². The highest BCUT2D eigenvalue weighted by atomic mass is 15.0. The van der Waals surface area contributed by atoms with Gasteiger partial charge in [0.25, 0.3) is 0 Å². The topological polar surface area (TPSA) is 38.0 Å². The third-order valence-corrected chi connectivity index (χ3v) is 3.33. The Bertz CT molecular complexity index is 356. The minimum atomic E-state index is 0.588. The number of nitrogens with two attached hydrogens (primary N) is 1. The minimum absolute atomic E-state index is 0.588. The van der Waals surface area contributed by atoms with Crippen LogP contribution >= 0.6 is 0 Å². The molecule has 0 saturated carbocycles. The summed E-state index contributed by atoms with van der Waals surface area (Å²) in [6.07, 6.45) is 4.54. The highest BCUT2D eigenvalue weighted by Crippen LogP contribution is 2.28. The third kappa shape index (κ3) is 2.57. The first-order valence-corrected chi connectivity index (χ1v) is 6.05. The molecule has 3 N–H and O–H groups in total. The zero-order valence-electron chi connectivity index (χ0n) is 9.82. The molecule has 2 atom stereocenters. The van der Waals surface area contributed by atoms with Crippen molar-refractivity contribution in [2.75, 3.05) is 6.54 Å². The van der Waals surface area contributed by atoms with Crippen LogP contribution < -0.4 is 11.1 Å². The number of hydrogen-bond acceptors (Lipinski definition) is 2. The van der Waals surface area contributed by atoms with E-state index in [1.807, 2.05) is 0 Å². The fourth-order valence-electron chi connectivity index (χ4n) is 2.40. The van der Waals surface area contributed by atoms with Gasteiger partial charge in [-0.3, -0.25) is 0 Å². The first kappa shape index (κ1) is 11.1. The number of rotatable bonds is 4. The van der Waals surface area contributed by atoms with E-state index < -0.39 is 0 Å². The van der Waals surface area contributed by atoms with Crippen molar-refractivity contribution in [2.24, 2.45) is 11.7 Å². The molecule has 0 aliphatic carbocycles. The van der Waals surface area contributed by atoms with Gasteiger partial charge < -0.3 is 11.1 Å². The van der Waals surface area contributed by atoms with Gasteiger partial charge in [-0.25, -0.2) is 0 Å². The Kier molecular flexibility index (Phi) is 3.50. The summed E-state index contributed by atoms with van der Waals surface area (Å²) in [5, 5.41) is 3.19. The van der Waals surface area contributed by atoms with E-state index in [9.17, 15) is 0 Å². The Morgan fingerprint density at radius 3 is 2.69 bits per heavy atom. The van der Waals surface area contributed by atoms with E-state index in [1.165, 1.54) is 18.4 Å². The summed E-state index contributed by atoms with van der Waals surface area (Å²) in [5.74, 6) is 2.08. The van der Waals surface area contributed by atoms with Crippen LogP contribution in [-0.4, -0.2) is 6.54 Å². The van der Waals surface area contributed by atoms with Gasteiger partial charge in [-0.1, -0.05) is 37.3 Å². The first-order valence-electron chi connectivity index (χ1n) is 6.05. The maximum atomic E-state index is 5.73. The molecular weight excluding hydrogens is 196 g/mol. The zero-order chi connectivity index (χ0) is 11.4. The average Bonchev–Trinajstić information content (AvgIpc) is 2.73. The van der Waals surface area contributed by atoms with Gasteiger partial charge in [0.05, 0.1) is 5.82 Å². The normalized spacial score (nSPS) is 21.3. The van der Waals surface area contributed by atoms with Crippen molar-refractivity contribution in [3.63, 3.8) is 0 Å². The fraction of sp³-hybridized carbons (Fsp3) is 0.429. The molecule has 0 aromatic heterocycles. The molecule has 2 nitrogen and oxygen atoms in total. The van der Waals surface area contributed by atoms with E-state index in [2.05, 4.69) is 48.6 Å². The van der Waals surface area contributed by atoms with Crippen LogP contribution in [-0.2, 0) is 0 Å². The molecule has 1 heterocycles. The summed E-state index contributed by atoms with van der Waals surface area (Å²) in [7, 11) is 0. The van der Waals surface area contributed by atoms with E-state index in [0.717, 1.165) is 12.4 Å². The molecule has 1 aliphatic rings. The number of hydrogen-bond donors (Lipinski definition) is 2. The highest BCUT2D eigenvalue weighted by Gasteiger charge is 2.18. The van der Waals surface area contributed by atoms with Crippen molar-refractivity contribution in [3.05, 3.63) is 47.8 Å². The summed E-state index contributed by atoms with van der Waals surface area (Å²) >= 11 is 0. The summed E-state index contributed by atoms with van der Waals surface area (Å²) in [6, 6.07) is 10.8. The molecule has 0 spiro atoms. The second-order valence-corrected chi connectivity index (χ2v) is 4.51. The first-order chi connectivity index (χ1) is 7.79. The van der Waals surface area contributed by atoms with Gasteiger partial charge in [0, 0.05) is 6.54 Å². The highest BCUT2D eigenvalue weighted by molar-refractivity contribution is 5.20. The molecule has 2 rings (SSSR count). The minimum Gasteiger partial charge on any atom is -0.386 e. The van der Waals surface area contributed by atoms with Crippen LogP contribution in [0.1, 0.15) is 31.2 Å². The quantitative estimate of drug-likeness (QED) is 0.812. The Morgan fingerprint density at radius 1 is 1.38 bits per heavy atom. The molecule has 1 unspecified atom stereocenters. The molecule has 0 bridgehead atoms. The van der Waals surface area contributed by atoms with E-state index >= 15 is 0 Å². The van der Waals surface area contributed by atoms with Crippen molar-refractivity contribution in [2.45, 2.75) is 25.7 Å². The molecule has 2 heteroatoms. The monoisotopic (exact) mass is 216 g/mol. The van der Waals surface area contributed by atoms with Crippen molar-refractivity contribution in [1.29, 1.82) is 0 Å². The lowest BCUT2D eigenvalue weighted by molar-refractivity contribution is 0.502. The maximum Gasteiger partial charge on any atom is 0.0922 e. The summed E-state index contributed by atoms with van der Waals surface area (Å²) in [4.78, 5) is 0. The van der Waals surface area contributed by atoms with Gasteiger partial charge in [0.2, 0.25) is 0 Å². The van der Waals surface area contributed by atoms with E-state index in [0.29, 0.717) is 11.8 Å². The van der Waals surface area contributed by atoms with Gasteiger partial charge in [-0.15, -0.1) is 0 Å². The van der Waals surface area contributed by atoms with Crippen molar-refractivity contribution in [1.82, 2.24) is 5.32 Å². The number of benzene rings is 1. The molecule has 0 fully saturated rings. The second-order valence-electron chi connectivity index (χ2n) is 4.51. The predicted octanol–water partition coefficient (Wildman–Crippen LogP) is 2.59. The molecule has 0 radical (unpaired) electrons. The predicted molar refractivity (Wildman–Crippen MR) is 67.9 cm³/mol. The van der Waals surface area contributed by atoms with Crippen LogP contribution in [0.4, 0.5) is 0 Å². The summed E-state index contributed by atoms with van der Waals surface area (Å²) in [5.41, 5.74) is 7.18. The Balaban J connectivity index is 2.01. The lowest BCUT2D eigenvalue weighted by Gasteiger charge is -2.18. The van der Waals surface area contributed by atoms with Crippen molar-refractivity contribution in [3.8, 4) is 0 Å². The average molecular weight is 216 g/mol. The van der Waals surface area contributed by atoms with Crippen LogP contribution in [0.25, 0.3) is 0 Å². The standard InChI is InChI=1S/C14H20N2/c1-2-12(13-6-4-3-5-7-13)8-11-9-14(15)16-10-11/h3-7,9,11-12,16H,2,8,10,15H2,1H3/t11-,12?/m0/s1. The smallest absolute Gasteiger partial charge is 0.0922 e. The molecule has 16 heavy (non-hydrogen) atoms. The molecule has 86 valence electrons. The van der Waals surface area contributed by atoms with Gasteiger partial charge in [-0.05, 0) is 36.3 Å². The van der Waals surface area contributed by atoms with Crippen molar-refractivity contribution < 1.29 is 0 Å². The second kappa shape index (κ2) is 5.06. The Morgan fingerprint density at radius 2 is 2.12 bits per heavy atom. The number of nitrogens with one attached hydrogen (secondary N) is 1. The summed E-state index contributed by atoms with van der Waals surface area (Å²) < 4.78 is 0. The lowest BCUT2D eigenvalue weighted by atomic mass is 9.87. The van der Waals surface area contributed by atoms with Crippen LogP contribution in [0.5, 0.6) is 0 Å². The molecule has 1 aromatic carbocycles. The fourth-order valence-corrected chi connectivity index (χ4v) is 2.40. The van der Waals surface area contributed by atoms with Crippen LogP contribution in [0.15, 0.2) is 42.2 Å². The molecule has 1 aliphatic heterocycles. The zero-order valence-corrected chi connectivity index (χ0v) is 9.82. The molecule has 1 aromatic rings. The van der Waals surface area contributed by atoms with Gasteiger partial charge >= 0.3 is 0 Å². The lowest BCUT2D eigenvalue weighted by Crippen LogP contribution is -2.17. The van der Waals surface area contributed by atoms with Gasteiger partial charge in [0.15, 0.2) is 0 Å². The van der Waals surface area contributed by atoms with Crippen molar-refractivity contribution >= 4 is 0 Å². The molecule has 0 amide bonds. The Hall–Kier alpha value is -1.44. The summed E-state index contributed by atoms with van der Waals surface area (Å²) in [6.45, 7) is 3.25. The van der Waals surface area contributed by atoms with Crippen LogP contribution in [0, 0.1) is 5.92 Å². The Labute approximate surface area is 97.5 Å². The van der Waals surface area contributed by atoms with Crippen LogP contribution in [0.2, 0.25) is 0 Å². The maximum absolute atomic E-state index is 5.73. The van der Waals surface area contributed by atoms with E-state index in [-0.39, 0.29) is 0 Å². The van der Waals surface area contributed by atoms with Gasteiger partial charge in [-0.2, -0.15) is 0 Å². The van der Waals surface area contributed by atoms with E-state index in [4.69, 9.17) is 5.73 Å². The molecular formula is C14H20N2. The SMILES string of the molecule is CCC(C[C@H]1C=C(N)NC1)c1ccccc1. The van der Waals surface area contributed by atoms with E-state index in [1.54, 1.807) is 0 Å². The largest absolute Gasteiger partial charge is 0.386 e.